The van der Waals surface area contributed by atoms with Gasteiger partial charge in [-0.15, -0.1) is 0 Å². The molecule has 1 aromatic heterocycles. The van der Waals surface area contributed by atoms with Crippen LogP contribution in [0.25, 0.3) is 0 Å². The predicted octanol–water partition coefficient (Wildman–Crippen LogP) is 2.69. The van der Waals surface area contributed by atoms with E-state index in [0.29, 0.717) is 19.1 Å². The van der Waals surface area contributed by atoms with Gasteiger partial charge in [0.1, 0.15) is 0 Å². The maximum absolute atomic E-state index is 13.7. The lowest BCUT2D eigenvalue weighted by molar-refractivity contribution is 0.276. The van der Waals surface area contributed by atoms with Crippen molar-refractivity contribution in [3.05, 3.63) is 17.7 Å². The fraction of sp³-hybridized carbons (Fsp3) is 0.643. The molecule has 1 aliphatic rings. The van der Waals surface area contributed by atoms with E-state index >= 15 is 0 Å². The van der Waals surface area contributed by atoms with Gasteiger partial charge in [0.15, 0.2) is 23.3 Å². The number of likely N-dealkylation sites (tertiary alicyclic amines) is 1. The Morgan fingerprint density at radius 2 is 1.95 bits per heavy atom. The number of nitrogens with zero attached hydrogens (tertiary/aromatic N) is 2. The van der Waals surface area contributed by atoms with Crippen molar-refractivity contribution in [1.29, 1.82) is 0 Å². The number of anilines is 2. The zero-order valence-corrected chi connectivity index (χ0v) is 12.0. The Kier molecular flexibility index (Phi) is 5.11. The first-order chi connectivity index (χ1) is 9.65. The van der Waals surface area contributed by atoms with Crippen LogP contribution in [0.3, 0.4) is 0 Å². The van der Waals surface area contributed by atoms with Crippen molar-refractivity contribution in [2.24, 2.45) is 0 Å². The molecular formula is C14H22F2N4. The monoisotopic (exact) mass is 284 g/mol. The molecule has 0 aromatic carbocycles. The molecule has 1 atom stereocenters. The van der Waals surface area contributed by atoms with Gasteiger partial charge in [0.05, 0.1) is 0 Å². The number of aromatic nitrogens is 1. The minimum Gasteiger partial charge on any atom is -0.368 e. The number of hydrogen-bond donors (Lipinski definition) is 2. The Bertz CT molecular complexity index is 453. The summed E-state index contributed by atoms with van der Waals surface area (Å²) in [6.45, 7) is 7.23. The van der Waals surface area contributed by atoms with Crippen LogP contribution in [0.5, 0.6) is 0 Å². The highest BCUT2D eigenvalue weighted by Crippen LogP contribution is 2.21. The molecule has 1 unspecified atom stereocenters. The van der Waals surface area contributed by atoms with Crippen LogP contribution in [0, 0.1) is 11.6 Å². The van der Waals surface area contributed by atoms with Crippen LogP contribution in [0.2, 0.25) is 0 Å². The summed E-state index contributed by atoms with van der Waals surface area (Å²) in [5.41, 5.74) is 0. The minimum absolute atomic E-state index is 0.0927. The largest absolute Gasteiger partial charge is 0.368 e. The number of rotatable bonds is 6. The molecule has 2 heterocycles. The first-order valence-electron chi connectivity index (χ1n) is 7.23. The maximum atomic E-state index is 13.7. The molecule has 1 saturated heterocycles. The van der Waals surface area contributed by atoms with Gasteiger partial charge < -0.3 is 10.6 Å². The predicted molar refractivity (Wildman–Crippen MR) is 77.1 cm³/mol. The summed E-state index contributed by atoms with van der Waals surface area (Å²) in [4.78, 5) is 6.34. The van der Waals surface area contributed by atoms with Crippen LogP contribution in [-0.4, -0.2) is 42.1 Å². The molecule has 2 rings (SSSR count). The standard InChI is InChI=1S/C14H22F2N4/c1-3-17-13-11(15)8-12(16)14(19-13)18-9-10-6-5-7-20(10)4-2/h8,10H,3-7,9H2,1-2H3,(H2,17,18,19). The summed E-state index contributed by atoms with van der Waals surface area (Å²) in [5, 5.41) is 5.80. The summed E-state index contributed by atoms with van der Waals surface area (Å²) in [6.07, 6.45) is 2.27. The van der Waals surface area contributed by atoms with E-state index in [9.17, 15) is 8.78 Å². The summed E-state index contributed by atoms with van der Waals surface area (Å²) in [5.74, 6) is -1.10. The van der Waals surface area contributed by atoms with Crippen molar-refractivity contribution >= 4 is 11.6 Å². The molecule has 4 nitrogen and oxygen atoms in total. The molecule has 0 amide bonds. The third-order valence-electron chi connectivity index (χ3n) is 3.68. The molecule has 112 valence electrons. The molecule has 20 heavy (non-hydrogen) atoms. The second-order valence-corrected chi connectivity index (χ2v) is 4.99. The summed E-state index contributed by atoms with van der Waals surface area (Å²) < 4.78 is 27.2. The molecule has 0 radical (unpaired) electrons. The lowest BCUT2D eigenvalue weighted by Gasteiger charge is -2.23. The van der Waals surface area contributed by atoms with Crippen LogP contribution in [-0.2, 0) is 0 Å². The van der Waals surface area contributed by atoms with Crippen molar-refractivity contribution in [3.8, 4) is 0 Å². The molecule has 1 aliphatic heterocycles. The zero-order chi connectivity index (χ0) is 14.5. The third-order valence-corrected chi connectivity index (χ3v) is 3.68. The molecule has 6 heteroatoms. The van der Waals surface area contributed by atoms with Crippen molar-refractivity contribution in [3.63, 3.8) is 0 Å². The second kappa shape index (κ2) is 6.83. The van der Waals surface area contributed by atoms with Gasteiger partial charge in [0.25, 0.3) is 0 Å². The van der Waals surface area contributed by atoms with Gasteiger partial charge in [-0.2, -0.15) is 0 Å². The van der Waals surface area contributed by atoms with Crippen LogP contribution < -0.4 is 10.6 Å². The first kappa shape index (κ1) is 15.0. The van der Waals surface area contributed by atoms with Gasteiger partial charge in [-0.1, -0.05) is 6.92 Å². The van der Waals surface area contributed by atoms with Crippen molar-refractivity contribution in [2.45, 2.75) is 32.7 Å². The van der Waals surface area contributed by atoms with Gasteiger partial charge in [0, 0.05) is 25.2 Å². The Morgan fingerprint density at radius 3 is 2.60 bits per heavy atom. The Labute approximate surface area is 118 Å². The van der Waals surface area contributed by atoms with Gasteiger partial charge in [0.2, 0.25) is 0 Å². The lowest BCUT2D eigenvalue weighted by atomic mass is 10.2. The fourth-order valence-electron chi connectivity index (χ4n) is 2.64. The molecule has 0 bridgehead atoms. The first-order valence-corrected chi connectivity index (χ1v) is 7.23. The van der Waals surface area contributed by atoms with Gasteiger partial charge >= 0.3 is 0 Å². The molecule has 1 aromatic rings. The van der Waals surface area contributed by atoms with Gasteiger partial charge in [-0.05, 0) is 32.9 Å². The van der Waals surface area contributed by atoms with Crippen LogP contribution in [0.1, 0.15) is 26.7 Å². The fourth-order valence-corrected chi connectivity index (χ4v) is 2.64. The van der Waals surface area contributed by atoms with E-state index in [2.05, 4.69) is 27.4 Å². The SMILES string of the molecule is CCNc1nc(NCC2CCCN2CC)c(F)cc1F. The summed E-state index contributed by atoms with van der Waals surface area (Å²) in [7, 11) is 0. The van der Waals surface area contributed by atoms with Gasteiger partial charge in [-0.25, -0.2) is 13.8 Å². The molecular weight excluding hydrogens is 262 g/mol. The smallest absolute Gasteiger partial charge is 0.168 e. The van der Waals surface area contributed by atoms with Crippen molar-refractivity contribution < 1.29 is 8.78 Å². The number of nitrogens with one attached hydrogen (secondary N) is 2. The van der Waals surface area contributed by atoms with E-state index in [0.717, 1.165) is 25.6 Å². The Balaban J connectivity index is 2.03. The lowest BCUT2D eigenvalue weighted by Crippen LogP contribution is -2.35. The number of pyridine rings is 1. The molecule has 0 saturated carbocycles. The van der Waals surface area contributed by atoms with Crippen LogP contribution in [0.4, 0.5) is 20.4 Å². The van der Waals surface area contributed by atoms with Crippen molar-refractivity contribution in [2.75, 3.05) is 36.8 Å². The highest BCUT2D eigenvalue weighted by molar-refractivity contribution is 5.47. The summed E-state index contributed by atoms with van der Waals surface area (Å²) in [6, 6.07) is 1.27. The van der Waals surface area contributed by atoms with E-state index in [1.54, 1.807) is 0 Å². The average Bonchev–Trinajstić information content (AvgIpc) is 2.88. The van der Waals surface area contributed by atoms with Crippen LogP contribution >= 0.6 is 0 Å². The second-order valence-electron chi connectivity index (χ2n) is 4.99. The Morgan fingerprint density at radius 1 is 1.25 bits per heavy atom. The van der Waals surface area contributed by atoms with Gasteiger partial charge in [-0.3, -0.25) is 4.90 Å². The topological polar surface area (TPSA) is 40.2 Å². The minimum atomic E-state index is -0.661. The maximum Gasteiger partial charge on any atom is 0.168 e. The van der Waals surface area contributed by atoms with Crippen molar-refractivity contribution in [1.82, 2.24) is 9.88 Å². The van der Waals surface area contributed by atoms with E-state index in [1.807, 2.05) is 6.92 Å². The zero-order valence-electron chi connectivity index (χ0n) is 12.0. The highest BCUT2D eigenvalue weighted by atomic mass is 19.1. The van der Waals surface area contributed by atoms with Crippen LogP contribution in [0.15, 0.2) is 6.07 Å². The van der Waals surface area contributed by atoms with E-state index in [4.69, 9.17) is 0 Å². The number of halogens is 2. The molecule has 0 spiro atoms. The number of likely N-dealkylation sites (N-methyl/N-ethyl adjacent to an activating group) is 1. The normalized spacial score (nSPS) is 19.3. The Hall–Kier alpha value is -1.43. The third kappa shape index (κ3) is 3.36. The molecule has 0 aliphatic carbocycles. The molecule has 1 fully saturated rings. The number of hydrogen-bond acceptors (Lipinski definition) is 4. The van der Waals surface area contributed by atoms with E-state index in [-0.39, 0.29) is 11.6 Å². The average molecular weight is 284 g/mol. The van der Waals surface area contributed by atoms with E-state index in [1.165, 1.54) is 6.42 Å². The molecule has 2 N–H and O–H groups in total. The summed E-state index contributed by atoms with van der Waals surface area (Å²) >= 11 is 0. The quantitative estimate of drug-likeness (QED) is 0.842. The van der Waals surface area contributed by atoms with E-state index < -0.39 is 11.6 Å². The highest BCUT2D eigenvalue weighted by Gasteiger charge is 2.23.